The van der Waals surface area contributed by atoms with Crippen molar-refractivity contribution in [2.75, 3.05) is 24.7 Å². The Bertz CT molecular complexity index is 494. The molecule has 3 N–H and O–H groups in total. The van der Waals surface area contributed by atoms with Crippen LogP contribution >= 0.6 is 0 Å². The normalized spacial score (nSPS) is 23.4. The van der Waals surface area contributed by atoms with Crippen LogP contribution in [-0.2, 0) is 17.5 Å². The summed E-state index contributed by atoms with van der Waals surface area (Å²) < 4.78 is 44.7. The van der Waals surface area contributed by atoms with Crippen LogP contribution < -0.4 is 10.6 Å². The van der Waals surface area contributed by atoms with Gasteiger partial charge in [-0.2, -0.15) is 13.2 Å². The van der Waals surface area contributed by atoms with E-state index in [2.05, 4.69) is 0 Å². The molecule has 2 rings (SSSR count). The molecule has 1 heterocycles. The Kier molecular flexibility index (Phi) is 4.75. The maximum atomic E-state index is 13.1. The topological polar surface area (TPSA) is 58.7 Å². The maximum absolute atomic E-state index is 13.1. The summed E-state index contributed by atoms with van der Waals surface area (Å²) in [4.78, 5) is 1.82. The van der Waals surface area contributed by atoms with Crippen LogP contribution in [-0.4, -0.2) is 37.0 Å². The number of hydrogen-bond acceptors (Lipinski definition) is 4. The maximum Gasteiger partial charge on any atom is 0.416 e. The van der Waals surface area contributed by atoms with Gasteiger partial charge >= 0.3 is 6.18 Å². The van der Waals surface area contributed by atoms with Crippen molar-refractivity contribution < 1.29 is 23.0 Å². The molecular weight excluding hydrogens is 285 g/mol. The van der Waals surface area contributed by atoms with Crippen molar-refractivity contribution in [1.82, 2.24) is 0 Å². The van der Waals surface area contributed by atoms with E-state index in [1.807, 2.05) is 11.8 Å². The van der Waals surface area contributed by atoms with E-state index in [4.69, 9.17) is 15.6 Å². The van der Waals surface area contributed by atoms with Crippen molar-refractivity contribution in [2.45, 2.75) is 31.8 Å². The molecular formula is C14H19F3N2O2. The van der Waals surface area contributed by atoms with Gasteiger partial charge < -0.3 is 20.5 Å². The summed E-state index contributed by atoms with van der Waals surface area (Å²) in [7, 11) is 0. The van der Waals surface area contributed by atoms with Gasteiger partial charge in [0.05, 0.1) is 24.9 Å². The second kappa shape index (κ2) is 6.21. The Morgan fingerprint density at radius 3 is 2.71 bits per heavy atom. The number of ether oxygens (including phenoxy) is 1. The van der Waals surface area contributed by atoms with Crippen LogP contribution in [0.2, 0.25) is 0 Å². The van der Waals surface area contributed by atoms with Gasteiger partial charge in [0.2, 0.25) is 0 Å². The lowest BCUT2D eigenvalue weighted by Gasteiger charge is -2.39. The monoisotopic (exact) mass is 304 g/mol. The Labute approximate surface area is 121 Å². The highest BCUT2D eigenvalue weighted by atomic mass is 19.4. The zero-order valence-electron chi connectivity index (χ0n) is 11.7. The van der Waals surface area contributed by atoms with Gasteiger partial charge in [-0.15, -0.1) is 0 Å². The van der Waals surface area contributed by atoms with Crippen LogP contribution in [0.4, 0.5) is 18.9 Å². The first-order valence-electron chi connectivity index (χ1n) is 6.76. The molecule has 0 radical (unpaired) electrons. The van der Waals surface area contributed by atoms with E-state index in [0.717, 1.165) is 6.07 Å². The van der Waals surface area contributed by atoms with E-state index in [9.17, 15) is 13.2 Å². The molecule has 0 spiro atoms. The largest absolute Gasteiger partial charge is 0.416 e. The molecule has 21 heavy (non-hydrogen) atoms. The molecule has 0 aliphatic carbocycles. The molecule has 0 bridgehead atoms. The molecule has 0 amide bonds. The predicted molar refractivity (Wildman–Crippen MR) is 73.0 cm³/mol. The number of nitrogens with two attached hydrogens (primary N) is 1. The first-order chi connectivity index (χ1) is 9.86. The number of halogens is 3. The van der Waals surface area contributed by atoms with Crippen molar-refractivity contribution in [3.63, 3.8) is 0 Å². The SMILES string of the molecule is CC1COC(CO)CN1c1ccc(CN)c(C(F)(F)F)c1. The minimum atomic E-state index is -4.43. The molecule has 4 nitrogen and oxygen atoms in total. The fourth-order valence-electron chi connectivity index (χ4n) is 2.47. The Morgan fingerprint density at radius 1 is 1.43 bits per heavy atom. The van der Waals surface area contributed by atoms with Crippen molar-refractivity contribution >= 4 is 5.69 Å². The van der Waals surface area contributed by atoms with Gasteiger partial charge in [0.1, 0.15) is 0 Å². The first kappa shape index (κ1) is 16.1. The lowest BCUT2D eigenvalue weighted by molar-refractivity contribution is -0.138. The summed E-state index contributed by atoms with van der Waals surface area (Å²) in [5.41, 5.74) is 5.21. The summed E-state index contributed by atoms with van der Waals surface area (Å²) in [6, 6.07) is 4.11. The van der Waals surface area contributed by atoms with Crippen LogP contribution in [0, 0.1) is 0 Å². The fraction of sp³-hybridized carbons (Fsp3) is 0.571. The van der Waals surface area contributed by atoms with Gasteiger partial charge in [0, 0.05) is 24.8 Å². The van der Waals surface area contributed by atoms with Crippen LogP contribution in [0.3, 0.4) is 0 Å². The van der Waals surface area contributed by atoms with Gasteiger partial charge in [0.15, 0.2) is 0 Å². The van der Waals surface area contributed by atoms with Crippen molar-refractivity contribution in [2.24, 2.45) is 5.73 Å². The Morgan fingerprint density at radius 2 is 2.14 bits per heavy atom. The second-order valence-corrected chi connectivity index (χ2v) is 5.18. The average molecular weight is 304 g/mol. The smallest absolute Gasteiger partial charge is 0.394 e. The molecule has 1 saturated heterocycles. The Balaban J connectivity index is 2.35. The lowest BCUT2D eigenvalue weighted by atomic mass is 10.0. The third-order valence-corrected chi connectivity index (χ3v) is 3.66. The van der Waals surface area contributed by atoms with Gasteiger partial charge in [-0.1, -0.05) is 6.07 Å². The lowest BCUT2D eigenvalue weighted by Crippen LogP contribution is -2.49. The molecule has 1 aromatic carbocycles. The molecule has 1 aliphatic heterocycles. The molecule has 1 aliphatic rings. The number of nitrogens with zero attached hydrogens (tertiary/aromatic N) is 1. The van der Waals surface area contributed by atoms with Crippen molar-refractivity contribution in [3.05, 3.63) is 29.3 Å². The van der Waals surface area contributed by atoms with E-state index in [-0.39, 0.29) is 30.9 Å². The molecule has 0 aromatic heterocycles. The van der Waals surface area contributed by atoms with Gasteiger partial charge in [-0.25, -0.2) is 0 Å². The number of hydrogen-bond donors (Lipinski definition) is 2. The van der Waals surface area contributed by atoms with E-state index < -0.39 is 11.7 Å². The molecule has 1 fully saturated rings. The van der Waals surface area contributed by atoms with E-state index in [1.54, 1.807) is 6.07 Å². The molecule has 7 heteroatoms. The molecule has 118 valence electrons. The Hall–Kier alpha value is -1.31. The predicted octanol–water partition coefficient (Wildman–Crippen LogP) is 1.75. The minimum Gasteiger partial charge on any atom is -0.394 e. The van der Waals surface area contributed by atoms with E-state index >= 15 is 0 Å². The van der Waals surface area contributed by atoms with Crippen LogP contribution in [0.15, 0.2) is 18.2 Å². The quantitative estimate of drug-likeness (QED) is 0.893. The van der Waals surface area contributed by atoms with Crippen molar-refractivity contribution in [3.8, 4) is 0 Å². The molecule has 0 saturated carbocycles. The van der Waals surface area contributed by atoms with E-state index in [1.165, 1.54) is 6.07 Å². The molecule has 1 aromatic rings. The summed E-state index contributed by atoms with van der Waals surface area (Å²) >= 11 is 0. The summed E-state index contributed by atoms with van der Waals surface area (Å²) in [5.74, 6) is 0. The van der Waals surface area contributed by atoms with Crippen LogP contribution in [0.25, 0.3) is 0 Å². The highest BCUT2D eigenvalue weighted by Gasteiger charge is 2.34. The number of aliphatic hydroxyl groups excluding tert-OH is 1. The average Bonchev–Trinajstić information content (AvgIpc) is 2.46. The summed E-state index contributed by atoms with van der Waals surface area (Å²) in [5, 5.41) is 9.16. The number of benzene rings is 1. The third-order valence-electron chi connectivity index (χ3n) is 3.66. The summed E-state index contributed by atoms with van der Waals surface area (Å²) in [6.45, 7) is 2.28. The fourth-order valence-corrected chi connectivity index (χ4v) is 2.47. The summed E-state index contributed by atoms with van der Waals surface area (Å²) in [6.07, 6.45) is -4.82. The minimum absolute atomic E-state index is 0.0578. The number of alkyl halides is 3. The molecule has 2 unspecified atom stereocenters. The van der Waals surface area contributed by atoms with Gasteiger partial charge in [0.25, 0.3) is 0 Å². The third kappa shape index (κ3) is 3.48. The van der Waals surface area contributed by atoms with Gasteiger partial charge in [-0.05, 0) is 24.6 Å². The highest BCUT2D eigenvalue weighted by Crippen LogP contribution is 2.35. The zero-order chi connectivity index (χ0) is 15.6. The number of morpholine rings is 1. The van der Waals surface area contributed by atoms with Crippen LogP contribution in [0.1, 0.15) is 18.1 Å². The van der Waals surface area contributed by atoms with Crippen molar-refractivity contribution in [1.29, 1.82) is 0 Å². The zero-order valence-corrected chi connectivity index (χ0v) is 11.7. The van der Waals surface area contributed by atoms with E-state index in [0.29, 0.717) is 18.8 Å². The second-order valence-electron chi connectivity index (χ2n) is 5.18. The first-order valence-corrected chi connectivity index (χ1v) is 6.76. The number of rotatable bonds is 3. The number of anilines is 1. The number of aliphatic hydroxyl groups is 1. The van der Waals surface area contributed by atoms with Crippen LogP contribution in [0.5, 0.6) is 0 Å². The molecule has 2 atom stereocenters. The highest BCUT2D eigenvalue weighted by molar-refractivity contribution is 5.53. The standard InChI is InChI=1S/C14H19F3N2O2/c1-9-8-21-12(7-20)6-19(9)11-3-2-10(5-18)13(4-11)14(15,16)17/h2-4,9,12,20H,5-8,18H2,1H3. The van der Waals surface area contributed by atoms with Gasteiger partial charge in [-0.3, -0.25) is 0 Å².